The Labute approximate surface area is 138 Å². The molecule has 0 aliphatic carbocycles. The van der Waals surface area contributed by atoms with Gasteiger partial charge in [0.2, 0.25) is 0 Å². The van der Waals surface area contributed by atoms with Gasteiger partial charge in [-0.2, -0.15) is 0 Å². The molecule has 1 aliphatic heterocycles. The summed E-state index contributed by atoms with van der Waals surface area (Å²) in [4.78, 5) is 14.4. The van der Waals surface area contributed by atoms with Crippen LogP contribution in [0.4, 0.5) is 0 Å². The van der Waals surface area contributed by atoms with Crippen LogP contribution in [0.5, 0.6) is 0 Å². The van der Waals surface area contributed by atoms with Gasteiger partial charge < -0.3 is 9.64 Å². The predicted molar refractivity (Wildman–Crippen MR) is 91.8 cm³/mol. The molecule has 1 rings (SSSR count). The third-order valence-corrected chi connectivity index (χ3v) is 5.80. The largest absolute Gasteiger partial charge is 0.466 e. The van der Waals surface area contributed by atoms with Crippen LogP contribution in [0.3, 0.4) is 0 Å². The van der Waals surface area contributed by atoms with Gasteiger partial charge in [0.1, 0.15) is 0 Å². The quantitative estimate of drug-likeness (QED) is 0.454. The Morgan fingerprint density at radius 2 is 1.76 bits per heavy atom. The second-order valence-electron chi connectivity index (χ2n) is 6.44. The number of nitrogens with zero attached hydrogens (tertiary/aromatic N) is 1. The highest BCUT2D eigenvalue weighted by molar-refractivity contribution is 9.09. The molecule has 3 nitrogen and oxygen atoms in total. The zero-order valence-electron chi connectivity index (χ0n) is 14.0. The van der Waals surface area contributed by atoms with Crippen LogP contribution in [-0.4, -0.2) is 42.4 Å². The van der Waals surface area contributed by atoms with Crippen molar-refractivity contribution in [2.45, 2.75) is 59.3 Å². The topological polar surface area (TPSA) is 29.5 Å². The minimum Gasteiger partial charge on any atom is -0.466 e. The lowest BCUT2D eigenvalue weighted by Crippen LogP contribution is -2.44. The molecule has 0 amide bonds. The van der Waals surface area contributed by atoms with Crippen molar-refractivity contribution in [3.05, 3.63) is 0 Å². The molecule has 0 radical (unpaired) electrons. The van der Waals surface area contributed by atoms with E-state index in [1.165, 1.54) is 25.7 Å². The van der Waals surface area contributed by atoms with Crippen molar-refractivity contribution in [3.63, 3.8) is 0 Å². The molecule has 0 spiro atoms. The number of piperidine rings is 1. The van der Waals surface area contributed by atoms with Crippen molar-refractivity contribution >= 4 is 21.9 Å². The highest BCUT2D eigenvalue weighted by atomic mass is 79.9. The van der Waals surface area contributed by atoms with Gasteiger partial charge in [0, 0.05) is 11.9 Å². The van der Waals surface area contributed by atoms with Gasteiger partial charge in [0.25, 0.3) is 0 Å². The number of ether oxygens (including phenoxy) is 1. The SMILES string of the molecule is CCCC(CBr)(CCC)CN1CCC(C(=O)OCC)CC1. The highest BCUT2D eigenvalue weighted by Gasteiger charge is 2.33. The number of esters is 1. The van der Waals surface area contributed by atoms with E-state index in [0.29, 0.717) is 12.0 Å². The monoisotopic (exact) mass is 361 g/mol. The van der Waals surface area contributed by atoms with E-state index in [0.717, 1.165) is 37.8 Å². The first-order valence-corrected chi connectivity index (χ1v) is 9.68. The van der Waals surface area contributed by atoms with E-state index in [2.05, 4.69) is 34.7 Å². The van der Waals surface area contributed by atoms with Gasteiger partial charge in [-0.25, -0.2) is 0 Å². The van der Waals surface area contributed by atoms with E-state index in [4.69, 9.17) is 4.74 Å². The average Bonchev–Trinajstić information content (AvgIpc) is 2.48. The van der Waals surface area contributed by atoms with Gasteiger partial charge in [-0.05, 0) is 51.1 Å². The number of likely N-dealkylation sites (tertiary alicyclic amines) is 1. The second kappa shape index (κ2) is 9.83. The van der Waals surface area contributed by atoms with E-state index >= 15 is 0 Å². The zero-order chi connectivity index (χ0) is 15.7. The molecule has 1 heterocycles. The lowest BCUT2D eigenvalue weighted by atomic mass is 9.80. The van der Waals surface area contributed by atoms with Crippen molar-refractivity contribution in [3.8, 4) is 0 Å². The second-order valence-corrected chi connectivity index (χ2v) is 7.00. The van der Waals surface area contributed by atoms with Gasteiger partial charge in [0.05, 0.1) is 12.5 Å². The summed E-state index contributed by atoms with van der Waals surface area (Å²) in [6.07, 6.45) is 6.95. The number of alkyl halides is 1. The molecule has 0 atom stereocenters. The van der Waals surface area contributed by atoms with Gasteiger partial charge in [0.15, 0.2) is 0 Å². The maximum Gasteiger partial charge on any atom is 0.309 e. The zero-order valence-corrected chi connectivity index (χ0v) is 15.6. The molecule has 1 fully saturated rings. The summed E-state index contributed by atoms with van der Waals surface area (Å²) in [6.45, 7) is 10.2. The van der Waals surface area contributed by atoms with E-state index in [1.807, 2.05) is 6.92 Å². The molecule has 0 saturated carbocycles. The molecule has 1 aliphatic rings. The van der Waals surface area contributed by atoms with E-state index in [-0.39, 0.29) is 11.9 Å². The van der Waals surface area contributed by atoms with E-state index < -0.39 is 0 Å². The summed E-state index contributed by atoms with van der Waals surface area (Å²) >= 11 is 3.76. The maximum absolute atomic E-state index is 11.8. The Balaban J connectivity index is 2.50. The number of carbonyl (C=O) groups is 1. The van der Waals surface area contributed by atoms with E-state index in [1.54, 1.807) is 0 Å². The van der Waals surface area contributed by atoms with Crippen molar-refractivity contribution in [2.75, 3.05) is 31.6 Å². The van der Waals surface area contributed by atoms with Gasteiger partial charge in [-0.3, -0.25) is 4.79 Å². The van der Waals surface area contributed by atoms with Crippen molar-refractivity contribution < 1.29 is 9.53 Å². The van der Waals surface area contributed by atoms with E-state index in [9.17, 15) is 4.79 Å². The molecule has 0 aromatic heterocycles. The Bertz CT molecular complexity index is 295. The standard InChI is InChI=1S/C17H32BrNO2/c1-4-9-17(13-18,10-5-2)14-19-11-7-15(8-12-19)16(20)21-6-3/h15H,4-14H2,1-3H3. The number of halogens is 1. The molecular weight excluding hydrogens is 330 g/mol. The lowest BCUT2D eigenvalue weighted by molar-refractivity contribution is -0.149. The Morgan fingerprint density at radius 3 is 2.19 bits per heavy atom. The first kappa shape index (κ1) is 19.0. The molecule has 0 unspecified atom stereocenters. The molecule has 4 heteroatoms. The summed E-state index contributed by atoms with van der Waals surface area (Å²) in [5.74, 6) is 0.128. The first-order valence-electron chi connectivity index (χ1n) is 8.55. The van der Waals surface area contributed by atoms with Crippen LogP contribution < -0.4 is 0 Å². The Hall–Kier alpha value is -0.0900. The normalized spacial score (nSPS) is 17.9. The fourth-order valence-electron chi connectivity index (χ4n) is 3.58. The third kappa shape index (κ3) is 5.90. The average molecular weight is 362 g/mol. The highest BCUT2D eigenvalue weighted by Crippen LogP contribution is 2.34. The summed E-state index contributed by atoms with van der Waals surface area (Å²) in [5, 5.41) is 1.08. The van der Waals surface area contributed by atoms with Crippen LogP contribution in [0.15, 0.2) is 0 Å². The molecule has 0 aromatic rings. The Kier molecular flexibility index (Phi) is 8.88. The van der Waals surface area contributed by atoms with Crippen LogP contribution >= 0.6 is 15.9 Å². The van der Waals surface area contributed by atoms with Gasteiger partial charge in [-0.1, -0.05) is 42.6 Å². The smallest absolute Gasteiger partial charge is 0.309 e. The van der Waals surface area contributed by atoms with Crippen molar-refractivity contribution in [2.24, 2.45) is 11.3 Å². The van der Waals surface area contributed by atoms with Crippen LogP contribution in [0.25, 0.3) is 0 Å². The number of hydrogen-bond acceptors (Lipinski definition) is 3. The van der Waals surface area contributed by atoms with Gasteiger partial charge >= 0.3 is 5.97 Å². The minimum atomic E-state index is 0.00558. The van der Waals surface area contributed by atoms with Crippen LogP contribution in [-0.2, 0) is 9.53 Å². The van der Waals surface area contributed by atoms with Crippen LogP contribution in [0, 0.1) is 11.3 Å². The fraction of sp³-hybridized carbons (Fsp3) is 0.941. The molecule has 124 valence electrons. The number of hydrogen-bond donors (Lipinski definition) is 0. The van der Waals surface area contributed by atoms with Crippen molar-refractivity contribution in [1.82, 2.24) is 4.90 Å². The summed E-state index contributed by atoms with van der Waals surface area (Å²) in [6, 6.07) is 0. The number of rotatable bonds is 9. The molecule has 0 N–H and O–H groups in total. The first-order chi connectivity index (χ1) is 10.1. The molecule has 21 heavy (non-hydrogen) atoms. The van der Waals surface area contributed by atoms with Crippen molar-refractivity contribution in [1.29, 1.82) is 0 Å². The summed E-state index contributed by atoms with van der Waals surface area (Å²) in [5.41, 5.74) is 0.403. The third-order valence-electron chi connectivity index (χ3n) is 4.61. The predicted octanol–water partition coefficient (Wildman–Crippen LogP) is 4.24. The van der Waals surface area contributed by atoms with Gasteiger partial charge in [-0.15, -0.1) is 0 Å². The lowest BCUT2D eigenvalue weighted by Gasteiger charge is -2.40. The minimum absolute atomic E-state index is 0.00558. The summed E-state index contributed by atoms with van der Waals surface area (Å²) in [7, 11) is 0. The summed E-state index contributed by atoms with van der Waals surface area (Å²) < 4.78 is 5.15. The molecular formula is C17H32BrNO2. The molecule has 1 saturated heterocycles. The van der Waals surface area contributed by atoms with Crippen LogP contribution in [0.2, 0.25) is 0 Å². The molecule has 0 bridgehead atoms. The molecule has 0 aromatic carbocycles. The van der Waals surface area contributed by atoms with Crippen LogP contribution in [0.1, 0.15) is 59.3 Å². The number of carbonyl (C=O) groups excluding carboxylic acids is 1. The maximum atomic E-state index is 11.8. The fourth-order valence-corrected chi connectivity index (χ4v) is 4.32. The Morgan fingerprint density at radius 1 is 1.19 bits per heavy atom.